The van der Waals surface area contributed by atoms with Crippen LogP contribution in [0.25, 0.3) is 0 Å². The van der Waals surface area contributed by atoms with E-state index in [0.29, 0.717) is 11.5 Å². The first-order valence-electron chi connectivity index (χ1n) is 6.20. The Kier molecular flexibility index (Phi) is 4.74. The molecule has 0 heterocycles. The predicted molar refractivity (Wildman–Crippen MR) is 80.2 cm³/mol. The maximum atomic E-state index is 6.56. The molecule has 4 heteroatoms. The van der Waals surface area contributed by atoms with E-state index >= 15 is 0 Å². The lowest BCUT2D eigenvalue weighted by Gasteiger charge is -2.16. The summed E-state index contributed by atoms with van der Waals surface area (Å²) >= 11 is 6.56. The summed E-state index contributed by atoms with van der Waals surface area (Å²) in [5, 5.41) is -0.314. The van der Waals surface area contributed by atoms with Crippen molar-refractivity contribution in [3.63, 3.8) is 0 Å². The van der Waals surface area contributed by atoms with Gasteiger partial charge in [-0.15, -0.1) is 11.6 Å². The van der Waals surface area contributed by atoms with Gasteiger partial charge in [0.25, 0.3) is 0 Å². The van der Waals surface area contributed by atoms with Crippen LogP contribution in [0.2, 0.25) is 0 Å². The fourth-order valence-corrected chi connectivity index (χ4v) is 2.38. The Hall–Kier alpha value is -1.87. The summed E-state index contributed by atoms with van der Waals surface area (Å²) in [5.41, 5.74) is 1.85. The number of benzene rings is 2. The minimum atomic E-state index is -0.314. The highest BCUT2D eigenvalue weighted by Crippen LogP contribution is 2.38. The summed E-state index contributed by atoms with van der Waals surface area (Å²) in [4.78, 5) is 0. The molecular formula is C16H17ClO3. The Morgan fingerprint density at radius 2 is 1.45 bits per heavy atom. The minimum absolute atomic E-state index is 0.314. The van der Waals surface area contributed by atoms with E-state index in [9.17, 15) is 0 Å². The van der Waals surface area contributed by atoms with Crippen LogP contribution in [-0.4, -0.2) is 21.3 Å². The van der Waals surface area contributed by atoms with Crippen molar-refractivity contribution in [2.75, 3.05) is 21.3 Å². The summed E-state index contributed by atoms with van der Waals surface area (Å²) in [6.45, 7) is 0. The summed E-state index contributed by atoms with van der Waals surface area (Å²) in [6, 6.07) is 13.3. The first-order valence-corrected chi connectivity index (χ1v) is 6.63. The zero-order valence-corrected chi connectivity index (χ0v) is 12.5. The lowest BCUT2D eigenvalue weighted by Crippen LogP contribution is -1.99. The number of hydrogen-bond donors (Lipinski definition) is 0. The molecule has 0 fully saturated rings. The molecule has 0 aromatic heterocycles. The highest BCUT2D eigenvalue weighted by atomic mass is 35.5. The first kappa shape index (κ1) is 14.5. The molecule has 0 aliphatic rings. The summed E-state index contributed by atoms with van der Waals surface area (Å²) in [5.74, 6) is 2.10. The molecule has 2 rings (SSSR count). The second-order valence-electron chi connectivity index (χ2n) is 4.22. The molecule has 2 aromatic rings. The maximum Gasteiger partial charge on any atom is 0.161 e. The molecule has 0 bridgehead atoms. The van der Waals surface area contributed by atoms with Gasteiger partial charge in [-0.2, -0.15) is 0 Å². The van der Waals surface area contributed by atoms with Gasteiger partial charge in [0.1, 0.15) is 5.75 Å². The molecule has 1 atom stereocenters. The van der Waals surface area contributed by atoms with Crippen molar-refractivity contribution >= 4 is 11.6 Å². The molecule has 0 N–H and O–H groups in total. The summed E-state index contributed by atoms with van der Waals surface area (Å²) in [6.07, 6.45) is 0. The normalized spacial score (nSPS) is 11.8. The average molecular weight is 293 g/mol. The van der Waals surface area contributed by atoms with Crippen LogP contribution in [0.5, 0.6) is 17.2 Å². The molecule has 20 heavy (non-hydrogen) atoms. The standard InChI is InChI=1S/C16H17ClO3/c1-18-13-7-5-4-6-12(13)16(17)11-8-9-14(19-2)15(10-11)20-3/h4-10,16H,1-3H3. The van der Waals surface area contributed by atoms with Gasteiger partial charge in [-0.25, -0.2) is 0 Å². The van der Waals surface area contributed by atoms with E-state index < -0.39 is 0 Å². The highest BCUT2D eigenvalue weighted by Gasteiger charge is 2.17. The monoisotopic (exact) mass is 292 g/mol. The number of para-hydroxylation sites is 1. The molecule has 0 aliphatic carbocycles. The van der Waals surface area contributed by atoms with E-state index in [2.05, 4.69) is 0 Å². The van der Waals surface area contributed by atoms with E-state index in [-0.39, 0.29) is 5.38 Å². The van der Waals surface area contributed by atoms with Gasteiger partial charge in [0.2, 0.25) is 0 Å². The van der Waals surface area contributed by atoms with Crippen LogP contribution in [0.4, 0.5) is 0 Å². The number of methoxy groups -OCH3 is 3. The molecule has 2 aromatic carbocycles. The van der Waals surface area contributed by atoms with Crippen molar-refractivity contribution < 1.29 is 14.2 Å². The van der Waals surface area contributed by atoms with Crippen molar-refractivity contribution in [3.8, 4) is 17.2 Å². The van der Waals surface area contributed by atoms with Crippen LogP contribution in [-0.2, 0) is 0 Å². The van der Waals surface area contributed by atoms with Crippen LogP contribution in [0.3, 0.4) is 0 Å². The second-order valence-corrected chi connectivity index (χ2v) is 4.66. The quantitative estimate of drug-likeness (QED) is 0.779. The van der Waals surface area contributed by atoms with Crippen molar-refractivity contribution in [2.45, 2.75) is 5.38 Å². The first-order chi connectivity index (χ1) is 9.71. The molecule has 3 nitrogen and oxygen atoms in total. The number of hydrogen-bond acceptors (Lipinski definition) is 3. The van der Waals surface area contributed by atoms with E-state index in [1.807, 2.05) is 42.5 Å². The molecule has 0 aliphatic heterocycles. The Bertz CT molecular complexity index is 584. The third kappa shape index (κ3) is 2.83. The zero-order valence-electron chi connectivity index (χ0n) is 11.7. The smallest absolute Gasteiger partial charge is 0.161 e. The fraction of sp³-hybridized carbons (Fsp3) is 0.250. The Balaban J connectivity index is 2.40. The Morgan fingerprint density at radius 3 is 2.10 bits per heavy atom. The Morgan fingerprint density at radius 1 is 0.800 bits per heavy atom. The molecule has 0 amide bonds. The lowest BCUT2D eigenvalue weighted by atomic mass is 10.0. The van der Waals surface area contributed by atoms with E-state index in [1.165, 1.54) is 0 Å². The van der Waals surface area contributed by atoms with Gasteiger partial charge in [0.15, 0.2) is 11.5 Å². The molecule has 106 valence electrons. The van der Waals surface area contributed by atoms with E-state index in [4.69, 9.17) is 25.8 Å². The molecule has 1 unspecified atom stereocenters. The van der Waals surface area contributed by atoms with Crippen LogP contribution < -0.4 is 14.2 Å². The van der Waals surface area contributed by atoms with Crippen LogP contribution in [0, 0.1) is 0 Å². The molecule has 0 saturated carbocycles. The third-order valence-corrected chi connectivity index (χ3v) is 3.60. The molecule has 0 radical (unpaired) electrons. The zero-order chi connectivity index (χ0) is 14.5. The van der Waals surface area contributed by atoms with Gasteiger partial charge in [-0.1, -0.05) is 24.3 Å². The van der Waals surface area contributed by atoms with Gasteiger partial charge in [0, 0.05) is 5.56 Å². The van der Waals surface area contributed by atoms with Gasteiger partial charge in [-0.05, 0) is 23.8 Å². The highest BCUT2D eigenvalue weighted by molar-refractivity contribution is 6.22. The molecule has 0 saturated heterocycles. The van der Waals surface area contributed by atoms with Crippen LogP contribution >= 0.6 is 11.6 Å². The van der Waals surface area contributed by atoms with E-state index in [1.54, 1.807) is 21.3 Å². The summed E-state index contributed by atoms with van der Waals surface area (Å²) < 4.78 is 15.9. The number of ether oxygens (including phenoxy) is 3. The van der Waals surface area contributed by atoms with Gasteiger partial charge < -0.3 is 14.2 Å². The molecule has 0 spiro atoms. The fourth-order valence-electron chi connectivity index (χ4n) is 2.07. The average Bonchev–Trinajstić information content (AvgIpc) is 2.53. The Labute approximate surface area is 124 Å². The number of halogens is 1. The van der Waals surface area contributed by atoms with Crippen molar-refractivity contribution in [2.24, 2.45) is 0 Å². The van der Waals surface area contributed by atoms with E-state index in [0.717, 1.165) is 16.9 Å². The largest absolute Gasteiger partial charge is 0.496 e. The lowest BCUT2D eigenvalue weighted by molar-refractivity contribution is 0.354. The number of alkyl halides is 1. The third-order valence-electron chi connectivity index (χ3n) is 3.11. The van der Waals surface area contributed by atoms with Gasteiger partial charge in [0.05, 0.1) is 26.7 Å². The SMILES string of the molecule is COc1ccc(C(Cl)c2ccccc2OC)cc1OC. The van der Waals surface area contributed by atoms with Gasteiger partial charge >= 0.3 is 0 Å². The molecular weight excluding hydrogens is 276 g/mol. The minimum Gasteiger partial charge on any atom is -0.496 e. The topological polar surface area (TPSA) is 27.7 Å². The van der Waals surface area contributed by atoms with Gasteiger partial charge in [-0.3, -0.25) is 0 Å². The predicted octanol–water partition coefficient (Wildman–Crippen LogP) is 4.04. The summed E-state index contributed by atoms with van der Waals surface area (Å²) in [7, 11) is 4.85. The van der Waals surface area contributed by atoms with Crippen molar-refractivity contribution in [1.29, 1.82) is 0 Å². The van der Waals surface area contributed by atoms with Crippen LogP contribution in [0.15, 0.2) is 42.5 Å². The maximum absolute atomic E-state index is 6.56. The van der Waals surface area contributed by atoms with Crippen molar-refractivity contribution in [3.05, 3.63) is 53.6 Å². The van der Waals surface area contributed by atoms with Crippen LogP contribution in [0.1, 0.15) is 16.5 Å². The number of rotatable bonds is 5. The second kappa shape index (κ2) is 6.53. The van der Waals surface area contributed by atoms with Crippen molar-refractivity contribution in [1.82, 2.24) is 0 Å².